The number of halogens is 2. The van der Waals surface area contributed by atoms with Crippen LogP contribution in [0.2, 0.25) is 0 Å². The summed E-state index contributed by atoms with van der Waals surface area (Å²) < 4.78 is 23.5. The maximum absolute atomic E-state index is 15.1. The summed E-state index contributed by atoms with van der Waals surface area (Å²) in [5.41, 5.74) is 1.23. The first-order valence-corrected chi connectivity index (χ1v) is 7.61. The molecule has 0 bridgehead atoms. The van der Waals surface area contributed by atoms with Crippen molar-refractivity contribution in [1.82, 2.24) is 9.78 Å². The van der Waals surface area contributed by atoms with Crippen LogP contribution in [-0.2, 0) is 6.54 Å². The highest BCUT2D eigenvalue weighted by Gasteiger charge is 2.23. The van der Waals surface area contributed by atoms with Gasteiger partial charge in [0, 0.05) is 18.4 Å². The number of fused-ring (bicyclic) bond motifs is 4. The SMILES string of the molecule is Fc1c2c(cc3ccccc13)OCCCn1ncc(Br)c1-2. The number of nitrogens with zero attached hydrogens (tertiary/aromatic N) is 2. The molecule has 0 saturated heterocycles. The topological polar surface area (TPSA) is 27.1 Å². The number of aryl methyl sites for hydroxylation is 1. The Hall–Kier alpha value is -1.88. The van der Waals surface area contributed by atoms with E-state index >= 15 is 4.39 Å². The van der Waals surface area contributed by atoms with Crippen LogP contribution < -0.4 is 4.74 Å². The van der Waals surface area contributed by atoms with Crippen molar-refractivity contribution >= 4 is 26.7 Å². The molecule has 21 heavy (non-hydrogen) atoms. The maximum atomic E-state index is 15.1. The molecule has 0 saturated carbocycles. The van der Waals surface area contributed by atoms with Crippen molar-refractivity contribution in [1.29, 1.82) is 0 Å². The lowest BCUT2D eigenvalue weighted by atomic mass is 10.0. The molecule has 0 N–H and O–H groups in total. The molecule has 0 atom stereocenters. The lowest BCUT2D eigenvalue weighted by molar-refractivity contribution is 0.294. The van der Waals surface area contributed by atoms with Gasteiger partial charge in [-0.05, 0) is 27.4 Å². The molecule has 0 fully saturated rings. The van der Waals surface area contributed by atoms with Gasteiger partial charge in [-0.25, -0.2) is 4.39 Å². The fraction of sp³-hybridized carbons (Fsp3) is 0.188. The third-order valence-electron chi connectivity index (χ3n) is 3.75. The zero-order chi connectivity index (χ0) is 14.4. The van der Waals surface area contributed by atoms with Crippen LogP contribution in [0.3, 0.4) is 0 Å². The van der Waals surface area contributed by atoms with E-state index in [0.29, 0.717) is 29.9 Å². The van der Waals surface area contributed by atoms with E-state index in [2.05, 4.69) is 21.0 Å². The molecule has 4 rings (SSSR count). The highest BCUT2D eigenvalue weighted by Crippen LogP contribution is 2.41. The second kappa shape index (κ2) is 4.84. The highest BCUT2D eigenvalue weighted by molar-refractivity contribution is 9.10. The second-order valence-corrected chi connectivity index (χ2v) is 5.91. The van der Waals surface area contributed by atoms with Gasteiger partial charge in [0.1, 0.15) is 11.6 Å². The zero-order valence-electron chi connectivity index (χ0n) is 11.1. The predicted molar refractivity (Wildman–Crippen MR) is 82.9 cm³/mol. The van der Waals surface area contributed by atoms with Crippen molar-refractivity contribution in [2.75, 3.05) is 6.61 Å². The molecule has 0 spiro atoms. The third-order valence-corrected chi connectivity index (χ3v) is 4.33. The van der Waals surface area contributed by atoms with Crippen LogP contribution in [-0.4, -0.2) is 16.4 Å². The minimum atomic E-state index is -0.257. The molecule has 0 unspecified atom stereocenters. The molecule has 1 aliphatic heterocycles. The molecular formula is C16H12BrFN2O. The highest BCUT2D eigenvalue weighted by atomic mass is 79.9. The van der Waals surface area contributed by atoms with Crippen molar-refractivity contribution < 1.29 is 9.13 Å². The Morgan fingerprint density at radius 1 is 1.29 bits per heavy atom. The monoisotopic (exact) mass is 346 g/mol. The summed E-state index contributed by atoms with van der Waals surface area (Å²) >= 11 is 3.47. The Morgan fingerprint density at radius 3 is 3.05 bits per heavy atom. The van der Waals surface area contributed by atoms with Gasteiger partial charge in [0.15, 0.2) is 0 Å². The summed E-state index contributed by atoms with van der Waals surface area (Å²) in [6.07, 6.45) is 2.55. The molecule has 2 aromatic carbocycles. The summed E-state index contributed by atoms with van der Waals surface area (Å²) in [4.78, 5) is 0. The number of ether oxygens (including phenoxy) is 1. The quantitative estimate of drug-likeness (QED) is 0.603. The Kier molecular flexibility index (Phi) is 2.96. The van der Waals surface area contributed by atoms with Crippen LogP contribution in [0.4, 0.5) is 4.39 Å². The lowest BCUT2D eigenvalue weighted by Crippen LogP contribution is -2.12. The van der Waals surface area contributed by atoms with E-state index < -0.39 is 0 Å². The first kappa shape index (κ1) is 12.8. The third kappa shape index (κ3) is 1.95. The summed E-state index contributed by atoms with van der Waals surface area (Å²) in [7, 11) is 0. The molecule has 5 heteroatoms. The Morgan fingerprint density at radius 2 is 2.14 bits per heavy atom. The second-order valence-electron chi connectivity index (χ2n) is 5.05. The largest absolute Gasteiger partial charge is 0.493 e. The predicted octanol–water partition coefficient (Wildman–Crippen LogP) is 4.39. The van der Waals surface area contributed by atoms with Gasteiger partial charge in [-0.15, -0.1) is 0 Å². The lowest BCUT2D eigenvalue weighted by Gasteiger charge is -2.19. The summed E-state index contributed by atoms with van der Waals surface area (Å²) in [6, 6.07) is 9.33. The average molecular weight is 347 g/mol. The van der Waals surface area contributed by atoms with Gasteiger partial charge in [-0.1, -0.05) is 24.3 Å². The number of aromatic nitrogens is 2. The van der Waals surface area contributed by atoms with Crippen molar-refractivity contribution in [2.45, 2.75) is 13.0 Å². The van der Waals surface area contributed by atoms with E-state index in [1.54, 1.807) is 12.3 Å². The Balaban J connectivity index is 2.12. The number of rotatable bonds is 0. The zero-order valence-corrected chi connectivity index (χ0v) is 12.7. The first-order chi connectivity index (χ1) is 10.3. The van der Waals surface area contributed by atoms with Crippen molar-refractivity contribution in [3.63, 3.8) is 0 Å². The van der Waals surface area contributed by atoms with Gasteiger partial charge in [0.25, 0.3) is 0 Å². The van der Waals surface area contributed by atoms with Gasteiger partial charge < -0.3 is 4.74 Å². The minimum absolute atomic E-state index is 0.257. The van der Waals surface area contributed by atoms with Crippen molar-refractivity contribution in [3.05, 3.63) is 46.8 Å². The smallest absolute Gasteiger partial charge is 0.144 e. The summed E-state index contributed by atoms with van der Waals surface area (Å²) in [6.45, 7) is 1.27. The van der Waals surface area contributed by atoms with Crippen LogP contribution in [0.15, 0.2) is 41.0 Å². The fourth-order valence-electron chi connectivity index (χ4n) is 2.79. The van der Waals surface area contributed by atoms with Gasteiger partial charge in [-0.2, -0.15) is 5.10 Å². The van der Waals surface area contributed by atoms with E-state index in [1.807, 2.05) is 28.9 Å². The van der Waals surface area contributed by atoms with Gasteiger partial charge in [0.2, 0.25) is 0 Å². The first-order valence-electron chi connectivity index (χ1n) is 6.81. The van der Waals surface area contributed by atoms with E-state index in [9.17, 15) is 0 Å². The summed E-state index contributed by atoms with van der Waals surface area (Å²) in [5.74, 6) is 0.320. The molecule has 3 aromatic rings. The standard InChI is InChI=1S/C16H12BrFN2O/c17-12-9-19-20-6-3-7-21-13-8-10-4-1-2-5-11(10)15(18)14(13)16(12)20/h1-2,4-5,8-9H,3,6-7H2. The van der Waals surface area contributed by atoms with Gasteiger partial charge in [-0.3, -0.25) is 4.68 Å². The van der Waals surface area contributed by atoms with Crippen LogP contribution in [0, 0.1) is 5.82 Å². The van der Waals surface area contributed by atoms with Gasteiger partial charge in [0.05, 0.1) is 28.5 Å². The molecule has 3 nitrogen and oxygen atoms in total. The van der Waals surface area contributed by atoms with Gasteiger partial charge >= 0.3 is 0 Å². The maximum Gasteiger partial charge on any atom is 0.144 e. The van der Waals surface area contributed by atoms with Crippen LogP contribution in [0.5, 0.6) is 5.75 Å². The van der Waals surface area contributed by atoms with Crippen molar-refractivity contribution in [3.8, 4) is 17.0 Å². The normalized spacial score (nSPS) is 14.0. The molecule has 1 aromatic heterocycles. The molecule has 1 aliphatic rings. The fourth-order valence-corrected chi connectivity index (χ4v) is 3.28. The van der Waals surface area contributed by atoms with Crippen LogP contribution in [0.1, 0.15) is 6.42 Å². The molecule has 2 heterocycles. The van der Waals surface area contributed by atoms with Crippen LogP contribution in [0.25, 0.3) is 22.0 Å². The number of hydrogen-bond acceptors (Lipinski definition) is 2. The van der Waals surface area contributed by atoms with E-state index in [1.165, 1.54) is 0 Å². The van der Waals surface area contributed by atoms with E-state index in [-0.39, 0.29) is 5.82 Å². The minimum Gasteiger partial charge on any atom is -0.493 e. The molecular weight excluding hydrogens is 335 g/mol. The molecule has 0 radical (unpaired) electrons. The Labute approximate surface area is 129 Å². The van der Waals surface area contributed by atoms with E-state index in [0.717, 1.165) is 22.0 Å². The number of hydrogen-bond donors (Lipinski definition) is 0. The molecule has 106 valence electrons. The average Bonchev–Trinajstić information content (AvgIpc) is 2.82. The molecule has 0 aliphatic carbocycles. The summed E-state index contributed by atoms with van der Waals surface area (Å²) in [5, 5.41) is 5.77. The van der Waals surface area contributed by atoms with Crippen LogP contribution >= 0.6 is 15.9 Å². The molecule has 0 amide bonds. The van der Waals surface area contributed by atoms with E-state index in [4.69, 9.17) is 4.74 Å². The van der Waals surface area contributed by atoms with Crippen molar-refractivity contribution in [2.24, 2.45) is 0 Å². The Bertz CT molecular complexity index is 844. The number of benzene rings is 2.